The van der Waals surface area contributed by atoms with Crippen molar-refractivity contribution in [2.75, 3.05) is 13.1 Å². The standard InChI is InChI=1S/C22H36N4O2S/c1-6-23-20(24-14-15(2)19-8-7-11-29-19)25-16-12-17-9-10-18(13-16)26(17)21(27)28-22(3,4)5/h7-8,11,15-18H,6,9-10,12-14H2,1-5H3,(H2,23,24,25). The third-order valence-corrected chi connectivity index (χ3v) is 6.68. The van der Waals surface area contributed by atoms with Crippen LogP contribution in [0.25, 0.3) is 0 Å². The van der Waals surface area contributed by atoms with Crippen LogP contribution in [0.15, 0.2) is 22.5 Å². The first-order valence-corrected chi connectivity index (χ1v) is 11.7. The zero-order valence-corrected chi connectivity index (χ0v) is 19.2. The van der Waals surface area contributed by atoms with Gasteiger partial charge in [-0.2, -0.15) is 0 Å². The summed E-state index contributed by atoms with van der Waals surface area (Å²) in [5.74, 6) is 1.29. The number of thiophene rings is 1. The highest BCUT2D eigenvalue weighted by molar-refractivity contribution is 7.10. The van der Waals surface area contributed by atoms with Gasteiger partial charge in [-0.1, -0.05) is 13.0 Å². The normalized spacial score (nSPS) is 25.6. The average Bonchev–Trinajstić information content (AvgIpc) is 3.25. The number of aliphatic imine (C=N–C) groups is 1. The third kappa shape index (κ3) is 5.87. The molecule has 2 aliphatic heterocycles. The monoisotopic (exact) mass is 420 g/mol. The van der Waals surface area contributed by atoms with Gasteiger partial charge in [-0.15, -0.1) is 11.3 Å². The highest BCUT2D eigenvalue weighted by Gasteiger charge is 2.45. The van der Waals surface area contributed by atoms with Gasteiger partial charge in [0, 0.05) is 35.5 Å². The van der Waals surface area contributed by atoms with E-state index in [9.17, 15) is 4.79 Å². The maximum absolute atomic E-state index is 12.6. The molecule has 3 atom stereocenters. The Morgan fingerprint density at radius 2 is 2.03 bits per heavy atom. The highest BCUT2D eigenvalue weighted by Crippen LogP contribution is 2.36. The fourth-order valence-corrected chi connectivity index (χ4v) is 5.09. The molecule has 0 aromatic carbocycles. The van der Waals surface area contributed by atoms with Crippen LogP contribution in [0.3, 0.4) is 0 Å². The molecule has 0 aliphatic carbocycles. The molecule has 1 aromatic heterocycles. The predicted octanol–water partition coefficient (Wildman–Crippen LogP) is 4.34. The van der Waals surface area contributed by atoms with Crippen LogP contribution in [0.2, 0.25) is 0 Å². The summed E-state index contributed by atoms with van der Waals surface area (Å²) in [6.07, 6.45) is 3.85. The smallest absolute Gasteiger partial charge is 0.410 e. The van der Waals surface area contributed by atoms with E-state index in [1.54, 1.807) is 11.3 Å². The number of nitrogens with zero attached hydrogens (tertiary/aromatic N) is 2. The number of fused-ring (bicyclic) bond motifs is 2. The lowest BCUT2D eigenvalue weighted by molar-refractivity contribution is 0.00545. The lowest BCUT2D eigenvalue weighted by atomic mass is 9.98. The first kappa shape index (κ1) is 21.9. The second kappa shape index (κ2) is 9.37. The molecule has 2 fully saturated rings. The quantitative estimate of drug-likeness (QED) is 0.549. The largest absolute Gasteiger partial charge is 0.444 e. The number of ether oxygens (including phenoxy) is 1. The Balaban J connectivity index is 1.58. The number of amides is 1. The van der Waals surface area contributed by atoms with Crippen LogP contribution in [0.5, 0.6) is 0 Å². The minimum absolute atomic E-state index is 0.159. The molecule has 162 valence electrons. The average molecular weight is 421 g/mol. The number of hydrogen-bond donors (Lipinski definition) is 2. The number of guanidine groups is 1. The number of carbonyl (C=O) groups is 1. The van der Waals surface area contributed by atoms with E-state index in [1.807, 2.05) is 25.7 Å². The molecule has 1 aromatic rings. The second-order valence-electron chi connectivity index (χ2n) is 9.22. The lowest BCUT2D eigenvalue weighted by Gasteiger charge is -2.40. The van der Waals surface area contributed by atoms with E-state index >= 15 is 0 Å². The lowest BCUT2D eigenvalue weighted by Crippen LogP contribution is -2.55. The molecule has 3 heterocycles. The van der Waals surface area contributed by atoms with E-state index in [1.165, 1.54) is 4.88 Å². The van der Waals surface area contributed by atoms with Gasteiger partial charge in [-0.3, -0.25) is 4.99 Å². The van der Waals surface area contributed by atoms with Gasteiger partial charge in [0.2, 0.25) is 0 Å². The molecule has 6 nitrogen and oxygen atoms in total. The Bertz CT molecular complexity index is 684. The van der Waals surface area contributed by atoms with Crippen molar-refractivity contribution in [1.82, 2.24) is 15.5 Å². The summed E-state index contributed by atoms with van der Waals surface area (Å²) in [5, 5.41) is 9.13. The zero-order chi connectivity index (χ0) is 21.0. The van der Waals surface area contributed by atoms with Crippen molar-refractivity contribution >= 4 is 23.4 Å². The molecule has 2 N–H and O–H groups in total. The fourth-order valence-electron chi connectivity index (χ4n) is 4.31. The number of carbonyl (C=O) groups excluding carboxylic acids is 1. The molecule has 2 aliphatic rings. The summed E-state index contributed by atoms with van der Waals surface area (Å²) in [6, 6.07) is 5.12. The van der Waals surface area contributed by atoms with Crippen LogP contribution in [0, 0.1) is 0 Å². The van der Waals surface area contributed by atoms with E-state index in [0.717, 1.165) is 44.7 Å². The molecular weight excluding hydrogens is 384 g/mol. The zero-order valence-electron chi connectivity index (χ0n) is 18.4. The van der Waals surface area contributed by atoms with Crippen molar-refractivity contribution in [2.24, 2.45) is 4.99 Å². The Hall–Kier alpha value is -1.76. The summed E-state index contributed by atoms with van der Waals surface area (Å²) < 4.78 is 5.64. The molecular formula is C22H36N4O2S. The van der Waals surface area contributed by atoms with Gasteiger partial charge in [0.15, 0.2) is 5.96 Å². The maximum atomic E-state index is 12.6. The van der Waals surface area contributed by atoms with Crippen molar-refractivity contribution in [1.29, 1.82) is 0 Å². The van der Waals surface area contributed by atoms with Gasteiger partial charge < -0.3 is 20.3 Å². The SMILES string of the molecule is CCNC(=NCC(C)c1cccs1)NC1CC2CCC(C1)N2C(=O)OC(C)(C)C. The molecule has 2 bridgehead atoms. The van der Waals surface area contributed by atoms with Crippen LogP contribution in [0.1, 0.15) is 71.1 Å². The minimum Gasteiger partial charge on any atom is -0.444 e. The van der Waals surface area contributed by atoms with E-state index in [4.69, 9.17) is 9.73 Å². The van der Waals surface area contributed by atoms with E-state index in [-0.39, 0.29) is 18.2 Å². The van der Waals surface area contributed by atoms with Crippen LogP contribution >= 0.6 is 11.3 Å². The molecule has 0 spiro atoms. The topological polar surface area (TPSA) is 66.0 Å². The maximum Gasteiger partial charge on any atom is 0.410 e. The van der Waals surface area contributed by atoms with Gasteiger partial charge in [0.25, 0.3) is 0 Å². The second-order valence-corrected chi connectivity index (χ2v) is 10.2. The van der Waals surface area contributed by atoms with Crippen LogP contribution in [-0.4, -0.2) is 53.8 Å². The number of rotatable bonds is 5. The number of hydrogen-bond acceptors (Lipinski definition) is 4. The molecule has 3 rings (SSSR count). The summed E-state index contributed by atoms with van der Waals surface area (Å²) in [6.45, 7) is 11.7. The predicted molar refractivity (Wildman–Crippen MR) is 120 cm³/mol. The summed E-state index contributed by atoms with van der Waals surface area (Å²) >= 11 is 1.79. The molecule has 2 saturated heterocycles. The van der Waals surface area contributed by atoms with Crippen LogP contribution in [0.4, 0.5) is 4.79 Å². The van der Waals surface area contributed by atoms with Crippen molar-refractivity contribution in [3.8, 4) is 0 Å². The van der Waals surface area contributed by atoms with E-state index < -0.39 is 5.60 Å². The number of nitrogens with one attached hydrogen (secondary N) is 2. The fraction of sp³-hybridized carbons (Fsp3) is 0.727. The van der Waals surface area contributed by atoms with Crippen molar-refractivity contribution in [2.45, 2.75) is 89.9 Å². The molecule has 1 amide bonds. The molecule has 0 saturated carbocycles. The van der Waals surface area contributed by atoms with Crippen molar-refractivity contribution < 1.29 is 9.53 Å². The number of piperidine rings is 1. The summed E-state index contributed by atoms with van der Waals surface area (Å²) in [4.78, 5) is 20.8. The Morgan fingerprint density at radius 1 is 1.34 bits per heavy atom. The van der Waals surface area contributed by atoms with E-state index in [0.29, 0.717) is 12.0 Å². The summed E-state index contributed by atoms with van der Waals surface area (Å²) in [7, 11) is 0. The van der Waals surface area contributed by atoms with Gasteiger partial charge in [-0.05, 0) is 64.8 Å². The van der Waals surface area contributed by atoms with Gasteiger partial charge in [-0.25, -0.2) is 4.79 Å². The van der Waals surface area contributed by atoms with Crippen LogP contribution in [-0.2, 0) is 4.74 Å². The first-order valence-electron chi connectivity index (χ1n) is 10.9. The Labute approximate surface area is 179 Å². The van der Waals surface area contributed by atoms with Crippen molar-refractivity contribution in [3.05, 3.63) is 22.4 Å². The molecule has 29 heavy (non-hydrogen) atoms. The summed E-state index contributed by atoms with van der Waals surface area (Å²) in [5.41, 5.74) is -0.449. The van der Waals surface area contributed by atoms with Gasteiger partial charge in [0.05, 0.1) is 6.54 Å². The Kier molecular flexibility index (Phi) is 7.09. The van der Waals surface area contributed by atoms with Crippen molar-refractivity contribution in [3.63, 3.8) is 0 Å². The molecule has 3 unspecified atom stereocenters. The minimum atomic E-state index is -0.449. The third-order valence-electron chi connectivity index (χ3n) is 5.57. The highest BCUT2D eigenvalue weighted by atomic mass is 32.1. The van der Waals surface area contributed by atoms with E-state index in [2.05, 4.69) is 42.0 Å². The molecule has 7 heteroatoms. The Morgan fingerprint density at radius 3 is 2.59 bits per heavy atom. The van der Waals surface area contributed by atoms with Crippen LogP contribution < -0.4 is 10.6 Å². The van der Waals surface area contributed by atoms with Gasteiger partial charge in [0.1, 0.15) is 5.60 Å². The van der Waals surface area contributed by atoms with Gasteiger partial charge >= 0.3 is 6.09 Å². The molecule has 0 radical (unpaired) electrons. The first-order chi connectivity index (χ1) is 13.8.